The Morgan fingerprint density at radius 1 is 1.05 bits per heavy atom. The van der Waals surface area contributed by atoms with Crippen molar-refractivity contribution in [2.24, 2.45) is 17.8 Å². The fourth-order valence-corrected chi connectivity index (χ4v) is 5.04. The first-order valence-electron chi connectivity index (χ1n) is 7.96. The summed E-state index contributed by atoms with van der Waals surface area (Å²) in [6.45, 7) is 4.58. The minimum atomic E-state index is 0.589. The Morgan fingerprint density at radius 2 is 1.58 bits per heavy atom. The van der Waals surface area contributed by atoms with Crippen LogP contribution in [0.3, 0.4) is 0 Å². The van der Waals surface area contributed by atoms with Crippen LogP contribution < -0.4 is 0 Å². The van der Waals surface area contributed by atoms with E-state index in [0.29, 0.717) is 10.7 Å². The summed E-state index contributed by atoms with van der Waals surface area (Å²) in [4.78, 5) is 0.589. The van der Waals surface area contributed by atoms with Crippen LogP contribution in [0.1, 0.15) is 67.8 Å². The second kappa shape index (κ2) is 5.60. The average Bonchev–Trinajstić information content (AvgIpc) is 3.20. The number of hydrogen-bond acceptors (Lipinski definition) is 0. The third-order valence-electron chi connectivity index (χ3n) is 5.50. The lowest BCUT2D eigenvalue weighted by Gasteiger charge is -2.13. The third-order valence-corrected chi connectivity index (χ3v) is 6.64. The van der Waals surface area contributed by atoms with E-state index >= 15 is 0 Å². The summed E-state index contributed by atoms with van der Waals surface area (Å²) in [7, 11) is 0. The SMILES string of the molecule is CCC(C)c1ccc(C(Br)C2C3CCCCC32)cc1. The molecule has 19 heavy (non-hydrogen) atoms. The molecule has 1 heteroatoms. The zero-order chi connectivity index (χ0) is 13.4. The Bertz CT molecular complexity index is 410. The predicted molar refractivity (Wildman–Crippen MR) is 85.8 cm³/mol. The van der Waals surface area contributed by atoms with Crippen LogP contribution in [0.5, 0.6) is 0 Å². The summed E-state index contributed by atoms with van der Waals surface area (Å²) >= 11 is 3.98. The molecule has 3 rings (SSSR count). The molecular weight excluding hydrogens is 296 g/mol. The molecule has 2 fully saturated rings. The highest BCUT2D eigenvalue weighted by Gasteiger charge is 2.53. The molecule has 0 nitrogen and oxygen atoms in total. The van der Waals surface area contributed by atoms with E-state index < -0.39 is 0 Å². The molecule has 2 aliphatic carbocycles. The van der Waals surface area contributed by atoms with Gasteiger partial charge in [-0.05, 0) is 54.1 Å². The molecule has 104 valence electrons. The first-order chi connectivity index (χ1) is 9.22. The summed E-state index contributed by atoms with van der Waals surface area (Å²) in [6, 6.07) is 9.38. The van der Waals surface area contributed by atoms with Gasteiger partial charge in [-0.25, -0.2) is 0 Å². The number of hydrogen-bond donors (Lipinski definition) is 0. The van der Waals surface area contributed by atoms with E-state index in [9.17, 15) is 0 Å². The van der Waals surface area contributed by atoms with Gasteiger partial charge in [0.05, 0.1) is 0 Å². The van der Waals surface area contributed by atoms with Gasteiger partial charge in [0.15, 0.2) is 0 Å². The highest BCUT2D eigenvalue weighted by Crippen LogP contribution is 2.62. The Balaban J connectivity index is 1.69. The first kappa shape index (κ1) is 13.7. The van der Waals surface area contributed by atoms with Crippen molar-refractivity contribution in [2.75, 3.05) is 0 Å². The van der Waals surface area contributed by atoms with Gasteiger partial charge in [-0.15, -0.1) is 0 Å². The minimum Gasteiger partial charge on any atom is -0.0836 e. The molecule has 0 spiro atoms. The standard InChI is InChI=1S/C18H25Br/c1-3-12(2)13-8-10-14(11-9-13)18(19)17-15-6-4-5-7-16(15)17/h8-12,15-18H,3-7H2,1-2H3. The Morgan fingerprint density at radius 3 is 2.11 bits per heavy atom. The second-order valence-electron chi connectivity index (χ2n) is 6.57. The van der Waals surface area contributed by atoms with Crippen molar-refractivity contribution >= 4 is 15.9 Å². The minimum absolute atomic E-state index is 0.589. The largest absolute Gasteiger partial charge is 0.0836 e. The van der Waals surface area contributed by atoms with Crippen molar-refractivity contribution in [3.63, 3.8) is 0 Å². The molecule has 2 aliphatic rings. The molecular formula is C18H25Br. The summed E-state index contributed by atoms with van der Waals surface area (Å²) in [6.07, 6.45) is 7.10. The van der Waals surface area contributed by atoms with Crippen LogP contribution >= 0.6 is 15.9 Å². The lowest BCUT2D eigenvalue weighted by atomic mass is 9.96. The van der Waals surface area contributed by atoms with Crippen LogP contribution in [0, 0.1) is 17.8 Å². The van der Waals surface area contributed by atoms with Gasteiger partial charge in [-0.3, -0.25) is 0 Å². The molecule has 0 aromatic heterocycles. The summed E-state index contributed by atoms with van der Waals surface area (Å²) < 4.78 is 0. The fourth-order valence-electron chi connectivity index (χ4n) is 3.95. The molecule has 0 saturated heterocycles. The summed E-state index contributed by atoms with van der Waals surface area (Å²) in [5, 5.41) is 0. The van der Waals surface area contributed by atoms with Gasteiger partial charge in [-0.2, -0.15) is 0 Å². The molecule has 1 aromatic rings. The number of alkyl halides is 1. The number of fused-ring (bicyclic) bond motifs is 1. The lowest BCUT2D eigenvalue weighted by molar-refractivity contribution is 0.480. The predicted octanol–water partition coefficient (Wildman–Crippen LogP) is 6.07. The molecule has 0 aliphatic heterocycles. The maximum atomic E-state index is 3.98. The van der Waals surface area contributed by atoms with Crippen molar-refractivity contribution in [1.82, 2.24) is 0 Å². The van der Waals surface area contributed by atoms with Gasteiger partial charge in [0, 0.05) is 4.83 Å². The Kier molecular flexibility index (Phi) is 4.03. The quantitative estimate of drug-likeness (QED) is 0.590. The van der Waals surface area contributed by atoms with E-state index in [1.54, 1.807) is 0 Å². The maximum absolute atomic E-state index is 3.98. The zero-order valence-corrected chi connectivity index (χ0v) is 13.7. The molecule has 0 bridgehead atoms. The zero-order valence-electron chi connectivity index (χ0n) is 12.1. The van der Waals surface area contributed by atoms with Gasteiger partial charge in [0.2, 0.25) is 0 Å². The first-order valence-corrected chi connectivity index (χ1v) is 8.88. The van der Waals surface area contributed by atoms with Gasteiger partial charge in [0.25, 0.3) is 0 Å². The van der Waals surface area contributed by atoms with Crippen LogP contribution in [0.15, 0.2) is 24.3 Å². The lowest BCUT2D eigenvalue weighted by Crippen LogP contribution is -1.97. The monoisotopic (exact) mass is 320 g/mol. The van der Waals surface area contributed by atoms with Crippen molar-refractivity contribution < 1.29 is 0 Å². The highest BCUT2D eigenvalue weighted by atomic mass is 79.9. The van der Waals surface area contributed by atoms with Crippen LogP contribution in [0.4, 0.5) is 0 Å². The second-order valence-corrected chi connectivity index (χ2v) is 7.55. The van der Waals surface area contributed by atoms with Crippen molar-refractivity contribution in [3.05, 3.63) is 35.4 Å². The number of rotatable bonds is 4. The highest BCUT2D eigenvalue weighted by molar-refractivity contribution is 9.09. The molecule has 2 saturated carbocycles. The van der Waals surface area contributed by atoms with Gasteiger partial charge in [-0.1, -0.05) is 66.9 Å². The molecule has 4 atom stereocenters. The molecule has 1 aromatic carbocycles. The smallest absolute Gasteiger partial charge is 0.0429 e. The number of halogens is 1. The van der Waals surface area contributed by atoms with Crippen LogP contribution in [-0.4, -0.2) is 0 Å². The molecule has 0 heterocycles. The molecule has 0 radical (unpaired) electrons. The topological polar surface area (TPSA) is 0 Å². The third kappa shape index (κ3) is 2.63. The van der Waals surface area contributed by atoms with E-state index in [1.165, 1.54) is 43.2 Å². The molecule has 0 amide bonds. The van der Waals surface area contributed by atoms with Crippen molar-refractivity contribution in [2.45, 2.75) is 56.7 Å². The van der Waals surface area contributed by atoms with E-state index in [2.05, 4.69) is 54.0 Å². The van der Waals surface area contributed by atoms with Crippen molar-refractivity contribution in [3.8, 4) is 0 Å². The average molecular weight is 321 g/mol. The van der Waals surface area contributed by atoms with E-state index in [-0.39, 0.29) is 0 Å². The van der Waals surface area contributed by atoms with Crippen LogP contribution in [0.25, 0.3) is 0 Å². The van der Waals surface area contributed by atoms with Crippen LogP contribution in [-0.2, 0) is 0 Å². The van der Waals surface area contributed by atoms with Crippen LogP contribution in [0.2, 0.25) is 0 Å². The van der Waals surface area contributed by atoms with E-state index in [1.807, 2.05) is 0 Å². The summed E-state index contributed by atoms with van der Waals surface area (Å²) in [5.41, 5.74) is 2.98. The Hall–Kier alpha value is -0.300. The normalized spacial score (nSPS) is 32.5. The molecule has 4 unspecified atom stereocenters. The van der Waals surface area contributed by atoms with Gasteiger partial charge < -0.3 is 0 Å². The van der Waals surface area contributed by atoms with Crippen molar-refractivity contribution in [1.29, 1.82) is 0 Å². The fraction of sp³-hybridized carbons (Fsp3) is 0.667. The Labute approximate surface area is 126 Å². The maximum Gasteiger partial charge on any atom is 0.0429 e. The van der Waals surface area contributed by atoms with E-state index in [4.69, 9.17) is 0 Å². The van der Waals surface area contributed by atoms with Gasteiger partial charge in [0.1, 0.15) is 0 Å². The van der Waals surface area contributed by atoms with Gasteiger partial charge >= 0.3 is 0 Å². The molecule has 0 N–H and O–H groups in total. The number of benzene rings is 1. The summed E-state index contributed by atoms with van der Waals surface area (Å²) in [5.74, 6) is 3.64. The van der Waals surface area contributed by atoms with E-state index in [0.717, 1.165) is 17.8 Å².